The summed E-state index contributed by atoms with van der Waals surface area (Å²) in [6.07, 6.45) is 5.87. The van der Waals surface area contributed by atoms with Crippen LogP contribution in [-0.4, -0.2) is 12.6 Å². The summed E-state index contributed by atoms with van der Waals surface area (Å²) in [5.74, 6) is -0.317. The molecule has 1 aliphatic rings. The van der Waals surface area contributed by atoms with Crippen molar-refractivity contribution in [3.63, 3.8) is 0 Å². The van der Waals surface area contributed by atoms with Gasteiger partial charge in [0.2, 0.25) is 0 Å². The minimum atomic E-state index is -0.317. The Morgan fingerprint density at radius 2 is 2.17 bits per heavy atom. The van der Waals surface area contributed by atoms with E-state index in [1.807, 2.05) is 6.07 Å². The summed E-state index contributed by atoms with van der Waals surface area (Å²) < 4.78 is 13.5. The summed E-state index contributed by atoms with van der Waals surface area (Å²) in [7, 11) is 0. The smallest absolute Gasteiger partial charge is 0.126 e. The van der Waals surface area contributed by atoms with Gasteiger partial charge in [0.25, 0.3) is 0 Å². The Morgan fingerprint density at radius 1 is 1.33 bits per heavy atom. The molecular weight excluding hydrogens is 227 g/mol. The molecule has 1 aliphatic heterocycles. The fourth-order valence-corrected chi connectivity index (χ4v) is 2.75. The third kappa shape index (κ3) is 2.81. The Morgan fingerprint density at radius 3 is 2.89 bits per heavy atom. The minimum Gasteiger partial charge on any atom is -0.368 e. The number of hydrogen-bond donors (Lipinski definition) is 0. The zero-order chi connectivity index (χ0) is 13.0. The van der Waals surface area contributed by atoms with Gasteiger partial charge in [0.05, 0.1) is 11.6 Å². The summed E-state index contributed by atoms with van der Waals surface area (Å²) in [6, 6.07) is 7.15. The van der Waals surface area contributed by atoms with Gasteiger partial charge in [-0.25, -0.2) is 4.39 Å². The largest absolute Gasteiger partial charge is 0.368 e. The molecule has 3 heteroatoms. The maximum absolute atomic E-state index is 13.5. The SMILES string of the molecule is CCC1CCCCCN1c1cc(F)cc(C#N)c1. The van der Waals surface area contributed by atoms with Crippen LogP contribution in [0.4, 0.5) is 10.1 Å². The highest BCUT2D eigenvalue weighted by Crippen LogP contribution is 2.27. The average molecular weight is 246 g/mol. The molecule has 1 saturated heterocycles. The number of benzene rings is 1. The van der Waals surface area contributed by atoms with Crippen molar-refractivity contribution >= 4 is 5.69 Å². The van der Waals surface area contributed by atoms with Crippen molar-refractivity contribution in [3.05, 3.63) is 29.6 Å². The first-order valence-corrected chi connectivity index (χ1v) is 6.72. The van der Waals surface area contributed by atoms with Gasteiger partial charge in [0.15, 0.2) is 0 Å². The number of nitriles is 1. The molecule has 0 spiro atoms. The van der Waals surface area contributed by atoms with Gasteiger partial charge >= 0.3 is 0 Å². The minimum absolute atomic E-state index is 0.317. The lowest BCUT2D eigenvalue weighted by Crippen LogP contribution is -2.34. The molecule has 0 aromatic heterocycles. The monoisotopic (exact) mass is 246 g/mol. The predicted molar refractivity (Wildman–Crippen MR) is 71.0 cm³/mol. The molecule has 1 aromatic carbocycles. The number of hydrogen-bond acceptors (Lipinski definition) is 2. The van der Waals surface area contributed by atoms with Crippen molar-refractivity contribution < 1.29 is 4.39 Å². The molecule has 1 fully saturated rings. The van der Waals surface area contributed by atoms with E-state index in [1.54, 1.807) is 12.1 Å². The topological polar surface area (TPSA) is 27.0 Å². The number of halogens is 1. The standard InChI is InChI=1S/C15H19FN2/c1-2-14-6-4-3-5-7-18(14)15-9-12(11-17)8-13(16)10-15/h8-10,14H,2-7H2,1H3. The van der Waals surface area contributed by atoms with Crippen molar-refractivity contribution in [2.24, 2.45) is 0 Å². The molecule has 1 aromatic rings. The molecule has 0 bridgehead atoms. The molecule has 0 amide bonds. The highest BCUT2D eigenvalue weighted by atomic mass is 19.1. The Kier molecular flexibility index (Phi) is 4.19. The van der Waals surface area contributed by atoms with E-state index in [4.69, 9.17) is 5.26 Å². The van der Waals surface area contributed by atoms with Crippen LogP contribution in [0.2, 0.25) is 0 Å². The van der Waals surface area contributed by atoms with Crippen LogP contribution in [0.25, 0.3) is 0 Å². The fourth-order valence-electron chi connectivity index (χ4n) is 2.75. The van der Waals surface area contributed by atoms with E-state index in [2.05, 4.69) is 11.8 Å². The zero-order valence-electron chi connectivity index (χ0n) is 10.8. The van der Waals surface area contributed by atoms with Crippen LogP contribution in [0.5, 0.6) is 0 Å². The van der Waals surface area contributed by atoms with Crippen LogP contribution < -0.4 is 4.90 Å². The van der Waals surface area contributed by atoms with Crippen molar-refractivity contribution in [1.29, 1.82) is 5.26 Å². The molecule has 2 nitrogen and oxygen atoms in total. The van der Waals surface area contributed by atoms with Crippen LogP contribution >= 0.6 is 0 Å². The molecular formula is C15H19FN2. The van der Waals surface area contributed by atoms with Crippen molar-refractivity contribution in [2.45, 2.75) is 45.1 Å². The maximum Gasteiger partial charge on any atom is 0.126 e. The van der Waals surface area contributed by atoms with E-state index < -0.39 is 0 Å². The number of anilines is 1. The fraction of sp³-hybridized carbons (Fsp3) is 0.533. The van der Waals surface area contributed by atoms with Gasteiger partial charge in [0.1, 0.15) is 5.82 Å². The first-order chi connectivity index (χ1) is 8.74. The molecule has 1 heterocycles. The van der Waals surface area contributed by atoms with Crippen molar-refractivity contribution in [2.75, 3.05) is 11.4 Å². The van der Waals surface area contributed by atoms with Crippen LogP contribution in [0.3, 0.4) is 0 Å². The van der Waals surface area contributed by atoms with E-state index in [0.717, 1.165) is 31.5 Å². The Hall–Kier alpha value is -1.56. The lowest BCUT2D eigenvalue weighted by Gasteiger charge is -2.31. The van der Waals surface area contributed by atoms with Gasteiger partial charge in [0, 0.05) is 18.3 Å². The van der Waals surface area contributed by atoms with Gasteiger partial charge in [-0.05, 0) is 37.5 Å². The molecule has 1 atom stereocenters. The first-order valence-electron chi connectivity index (χ1n) is 6.72. The number of nitrogens with zero attached hydrogens (tertiary/aromatic N) is 2. The van der Waals surface area contributed by atoms with E-state index in [0.29, 0.717) is 11.6 Å². The zero-order valence-corrected chi connectivity index (χ0v) is 10.8. The second kappa shape index (κ2) is 5.86. The predicted octanol–water partition coefficient (Wildman–Crippen LogP) is 3.86. The van der Waals surface area contributed by atoms with Crippen LogP contribution in [0, 0.1) is 17.1 Å². The summed E-state index contributed by atoms with van der Waals surface area (Å²) in [5.41, 5.74) is 1.27. The van der Waals surface area contributed by atoms with Crippen molar-refractivity contribution in [3.8, 4) is 6.07 Å². The van der Waals surface area contributed by atoms with Gasteiger partial charge in [-0.1, -0.05) is 19.8 Å². The van der Waals surface area contributed by atoms with E-state index in [9.17, 15) is 4.39 Å². The average Bonchev–Trinajstić information content (AvgIpc) is 2.62. The van der Waals surface area contributed by atoms with E-state index in [1.165, 1.54) is 18.9 Å². The Bertz CT molecular complexity index is 450. The Balaban J connectivity index is 2.32. The van der Waals surface area contributed by atoms with E-state index >= 15 is 0 Å². The van der Waals surface area contributed by atoms with Gasteiger partial charge < -0.3 is 4.90 Å². The van der Waals surface area contributed by atoms with E-state index in [-0.39, 0.29) is 5.82 Å². The summed E-state index contributed by atoms with van der Waals surface area (Å²) in [6.45, 7) is 3.14. The molecule has 0 aliphatic carbocycles. The third-order valence-corrected chi connectivity index (χ3v) is 3.69. The summed E-state index contributed by atoms with van der Waals surface area (Å²) >= 11 is 0. The molecule has 18 heavy (non-hydrogen) atoms. The number of rotatable bonds is 2. The van der Waals surface area contributed by atoms with Crippen molar-refractivity contribution in [1.82, 2.24) is 0 Å². The molecule has 1 unspecified atom stereocenters. The van der Waals surface area contributed by atoms with Crippen LogP contribution in [0.1, 0.15) is 44.6 Å². The third-order valence-electron chi connectivity index (χ3n) is 3.69. The lowest BCUT2D eigenvalue weighted by atomic mass is 10.1. The second-order valence-electron chi connectivity index (χ2n) is 4.91. The maximum atomic E-state index is 13.5. The van der Waals surface area contributed by atoms with Gasteiger partial charge in [-0.3, -0.25) is 0 Å². The summed E-state index contributed by atoms with van der Waals surface area (Å²) in [4.78, 5) is 2.27. The highest BCUT2D eigenvalue weighted by molar-refractivity contribution is 5.52. The van der Waals surface area contributed by atoms with Crippen LogP contribution in [-0.2, 0) is 0 Å². The first kappa shape index (κ1) is 12.9. The van der Waals surface area contributed by atoms with Crippen LogP contribution in [0.15, 0.2) is 18.2 Å². The molecule has 0 saturated carbocycles. The van der Waals surface area contributed by atoms with Gasteiger partial charge in [-0.2, -0.15) is 5.26 Å². The molecule has 96 valence electrons. The molecule has 2 rings (SSSR count). The molecule has 0 radical (unpaired) electrons. The normalized spacial score (nSPS) is 20.3. The quantitative estimate of drug-likeness (QED) is 0.792. The summed E-state index contributed by atoms with van der Waals surface area (Å²) in [5, 5.41) is 8.93. The lowest BCUT2D eigenvalue weighted by molar-refractivity contribution is 0.554. The molecule has 0 N–H and O–H groups in total. The Labute approximate surface area is 108 Å². The second-order valence-corrected chi connectivity index (χ2v) is 4.91. The highest BCUT2D eigenvalue weighted by Gasteiger charge is 2.20. The van der Waals surface area contributed by atoms with Gasteiger partial charge in [-0.15, -0.1) is 0 Å².